The number of aromatic hydroxyl groups is 1. The second-order valence-corrected chi connectivity index (χ2v) is 11.5. The molecule has 11 heteroatoms. The second kappa shape index (κ2) is 11.3. The van der Waals surface area contributed by atoms with Gasteiger partial charge in [0.2, 0.25) is 5.91 Å². The van der Waals surface area contributed by atoms with Crippen LogP contribution in [0.3, 0.4) is 0 Å². The van der Waals surface area contributed by atoms with E-state index in [1.165, 1.54) is 12.1 Å². The summed E-state index contributed by atoms with van der Waals surface area (Å²) in [6.07, 6.45) is 5.38. The van der Waals surface area contributed by atoms with E-state index in [1.54, 1.807) is 11.0 Å². The van der Waals surface area contributed by atoms with E-state index in [0.29, 0.717) is 51.5 Å². The summed E-state index contributed by atoms with van der Waals surface area (Å²) in [6.45, 7) is 9.91. The quantitative estimate of drug-likeness (QED) is 0.510. The zero-order valence-electron chi connectivity index (χ0n) is 23.4. The van der Waals surface area contributed by atoms with Gasteiger partial charge in [-0.3, -0.25) is 14.6 Å². The molecule has 2 fully saturated rings. The van der Waals surface area contributed by atoms with Crippen molar-refractivity contribution in [3.05, 3.63) is 53.0 Å². The number of hydrogen-bond acceptors (Lipinski definition) is 9. The highest BCUT2D eigenvalue weighted by Gasteiger charge is 2.38. The number of ether oxygens (including phenoxy) is 1. The van der Waals surface area contributed by atoms with Crippen molar-refractivity contribution in [3.8, 4) is 17.8 Å². The third-order valence-corrected chi connectivity index (χ3v) is 9.08. The van der Waals surface area contributed by atoms with Crippen molar-refractivity contribution in [3.63, 3.8) is 0 Å². The minimum Gasteiger partial charge on any atom is -0.505 e. The molecule has 2 saturated heterocycles. The summed E-state index contributed by atoms with van der Waals surface area (Å²) < 4.78 is 20.2. The van der Waals surface area contributed by atoms with Crippen LogP contribution >= 0.6 is 0 Å². The highest BCUT2D eigenvalue weighted by atomic mass is 19.1. The van der Waals surface area contributed by atoms with Crippen LogP contribution in [0.1, 0.15) is 61.0 Å². The Morgan fingerprint density at radius 1 is 1.27 bits per heavy atom. The highest BCUT2D eigenvalue weighted by molar-refractivity contribution is 5.87. The largest absolute Gasteiger partial charge is 0.505 e. The van der Waals surface area contributed by atoms with Crippen LogP contribution in [0, 0.1) is 17.1 Å². The first-order valence-electron chi connectivity index (χ1n) is 14.4. The fourth-order valence-electron chi connectivity index (χ4n) is 6.82. The van der Waals surface area contributed by atoms with Gasteiger partial charge in [-0.05, 0) is 61.9 Å². The molecule has 0 saturated carbocycles. The van der Waals surface area contributed by atoms with E-state index in [-0.39, 0.29) is 30.2 Å². The number of nitrogens with zero attached hydrogens (tertiary/aromatic N) is 7. The fourth-order valence-corrected chi connectivity index (χ4v) is 6.82. The Kier molecular flexibility index (Phi) is 7.53. The Labute approximate surface area is 239 Å². The molecule has 10 nitrogen and oxygen atoms in total. The molecule has 1 aliphatic carbocycles. The molecule has 1 amide bonds. The Morgan fingerprint density at radius 3 is 2.88 bits per heavy atom. The van der Waals surface area contributed by atoms with Crippen LogP contribution in [-0.4, -0.2) is 80.7 Å². The number of anilines is 1. The molecule has 1 aromatic heterocycles. The summed E-state index contributed by atoms with van der Waals surface area (Å²) in [7, 11) is 0. The van der Waals surface area contributed by atoms with Crippen molar-refractivity contribution in [2.75, 3.05) is 37.8 Å². The lowest BCUT2D eigenvalue weighted by molar-refractivity contribution is -0.128. The number of amides is 1. The zero-order chi connectivity index (χ0) is 28.7. The summed E-state index contributed by atoms with van der Waals surface area (Å²) in [5.41, 5.74) is 3.78. The van der Waals surface area contributed by atoms with Gasteiger partial charge >= 0.3 is 6.01 Å². The van der Waals surface area contributed by atoms with Gasteiger partial charge in [0.25, 0.3) is 0 Å². The number of phenols is 1. The van der Waals surface area contributed by atoms with Gasteiger partial charge in [-0.2, -0.15) is 15.2 Å². The van der Waals surface area contributed by atoms with Crippen molar-refractivity contribution in [1.29, 1.82) is 5.26 Å². The van der Waals surface area contributed by atoms with Gasteiger partial charge in [-0.25, -0.2) is 4.39 Å². The number of rotatable bonds is 7. The number of carbonyl (C=O) groups is 1. The molecule has 0 radical (unpaired) electrons. The van der Waals surface area contributed by atoms with E-state index in [0.717, 1.165) is 60.4 Å². The average molecular weight is 562 g/mol. The van der Waals surface area contributed by atoms with Crippen molar-refractivity contribution in [2.24, 2.45) is 0 Å². The van der Waals surface area contributed by atoms with E-state index >= 15 is 0 Å². The molecule has 216 valence electrons. The number of fused-ring (bicyclic) bond motifs is 2. The number of carbonyl (C=O) groups excluding carboxylic acids is 1. The number of piperazine rings is 1. The Hall–Kier alpha value is -3.75. The molecule has 3 atom stereocenters. The molecule has 0 bridgehead atoms. The van der Waals surface area contributed by atoms with Crippen LogP contribution < -0.4 is 9.64 Å². The van der Waals surface area contributed by atoms with E-state index in [4.69, 9.17) is 14.7 Å². The number of hydrogen-bond donors (Lipinski definition) is 1. The molecule has 4 heterocycles. The molecule has 3 aliphatic heterocycles. The maximum Gasteiger partial charge on any atom is 0.319 e. The predicted octanol–water partition coefficient (Wildman–Crippen LogP) is 3.26. The maximum atomic E-state index is 14.0. The third-order valence-electron chi connectivity index (χ3n) is 9.08. The molecule has 1 aromatic carbocycles. The molecular weight excluding hydrogens is 525 g/mol. The zero-order valence-corrected chi connectivity index (χ0v) is 23.4. The molecule has 41 heavy (non-hydrogen) atoms. The monoisotopic (exact) mass is 561 g/mol. The van der Waals surface area contributed by atoms with Crippen LogP contribution in [-0.2, 0) is 24.3 Å². The van der Waals surface area contributed by atoms with Gasteiger partial charge < -0.3 is 19.6 Å². The molecule has 6 rings (SSSR count). The topological polar surface area (TPSA) is 109 Å². The maximum absolute atomic E-state index is 14.0. The molecular formula is C30H36FN7O3. The van der Waals surface area contributed by atoms with Gasteiger partial charge in [0.05, 0.1) is 24.2 Å². The summed E-state index contributed by atoms with van der Waals surface area (Å²) in [5.74, 6) is -0.310. The predicted molar refractivity (Wildman–Crippen MR) is 149 cm³/mol. The lowest BCUT2D eigenvalue weighted by Gasteiger charge is -2.41. The van der Waals surface area contributed by atoms with Crippen LogP contribution in [0.4, 0.5) is 10.2 Å². The number of likely N-dealkylation sites (tertiary alicyclic amines) is 1. The number of aromatic nitrogens is 2. The summed E-state index contributed by atoms with van der Waals surface area (Å²) in [4.78, 5) is 30.7. The van der Waals surface area contributed by atoms with E-state index in [2.05, 4.69) is 34.3 Å². The van der Waals surface area contributed by atoms with E-state index < -0.39 is 5.82 Å². The van der Waals surface area contributed by atoms with Crippen molar-refractivity contribution < 1.29 is 19.0 Å². The Balaban J connectivity index is 1.30. The third kappa shape index (κ3) is 5.22. The number of aryl methyl sites for hydroxylation is 1. The minimum absolute atomic E-state index is 0.0294. The van der Waals surface area contributed by atoms with Gasteiger partial charge in [0.1, 0.15) is 12.5 Å². The first-order valence-corrected chi connectivity index (χ1v) is 14.4. The van der Waals surface area contributed by atoms with Crippen molar-refractivity contribution >= 4 is 11.7 Å². The smallest absolute Gasteiger partial charge is 0.319 e. The standard InChI is InChI=1S/C30H36FN7O3/c1-3-28(40)38-12-11-35(15-21(38)8-9-32)29-23-16-37(26-7-6-20-13-24(31)27(39)14-22(20)26)17-25(23)33-30(34-29)41-18-36-10-4-5-19(36)2/h3,13-14,19,21,26,39H,1,4-8,10-12,15-18H2,2H3/t19?,21-,26?/m0/s1. The van der Waals surface area contributed by atoms with Crippen molar-refractivity contribution in [1.82, 2.24) is 24.7 Å². The first-order chi connectivity index (χ1) is 19.9. The highest BCUT2D eigenvalue weighted by Crippen LogP contribution is 2.43. The summed E-state index contributed by atoms with van der Waals surface area (Å²) in [6, 6.07) is 5.76. The van der Waals surface area contributed by atoms with Gasteiger partial charge in [-0.1, -0.05) is 6.58 Å². The normalized spacial score (nSPS) is 24.3. The second-order valence-electron chi connectivity index (χ2n) is 11.5. The van der Waals surface area contributed by atoms with Crippen LogP contribution in [0.25, 0.3) is 0 Å². The Bertz CT molecular complexity index is 1400. The average Bonchev–Trinajstić information content (AvgIpc) is 3.69. The SMILES string of the molecule is C=CC(=O)N1CCN(c2nc(OCN3CCCC3C)nc3c2CN(C2CCc4cc(F)c(O)cc42)C3)C[C@@H]1CC#N. The minimum atomic E-state index is -0.586. The molecule has 4 aliphatic rings. The molecule has 0 spiro atoms. The van der Waals surface area contributed by atoms with Gasteiger partial charge in [0, 0.05) is 56.9 Å². The van der Waals surface area contributed by atoms with Crippen LogP contribution in [0.5, 0.6) is 11.8 Å². The van der Waals surface area contributed by atoms with E-state index in [9.17, 15) is 19.6 Å². The Morgan fingerprint density at radius 2 is 2.12 bits per heavy atom. The molecule has 2 aromatic rings. The lowest BCUT2D eigenvalue weighted by Crippen LogP contribution is -2.55. The molecule has 2 unspecified atom stereocenters. The summed E-state index contributed by atoms with van der Waals surface area (Å²) >= 11 is 0. The van der Waals surface area contributed by atoms with Gasteiger partial charge in [-0.15, -0.1) is 0 Å². The van der Waals surface area contributed by atoms with E-state index in [1.807, 2.05) is 0 Å². The van der Waals surface area contributed by atoms with Crippen LogP contribution in [0.15, 0.2) is 24.8 Å². The lowest BCUT2D eigenvalue weighted by atomic mass is 10.1. The summed E-state index contributed by atoms with van der Waals surface area (Å²) in [5, 5.41) is 19.6. The van der Waals surface area contributed by atoms with Crippen molar-refractivity contribution in [2.45, 2.75) is 70.2 Å². The first kappa shape index (κ1) is 27.4. The number of benzene rings is 1. The number of nitriles is 1. The van der Waals surface area contributed by atoms with Crippen LogP contribution in [0.2, 0.25) is 0 Å². The number of halogens is 1. The fraction of sp³-hybridized carbons (Fsp3) is 0.533. The number of phenolic OH excluding ortho intramolecular Hbond substituents is 1. The van der Waals surface area contributed by atoms with Gasteiger partial charge in [0.15, 0.2) is 11.6 Å². The molecule has 1 N–H and O–H groups in total.